The van der Waals surface area contributed by atoms with Crippen LogP contribution in [0.25, 0.3) is 0 Å². The van der Waals surface area contributed by atoms with Crippen molar-refractivity contribution in [3.63, 3.8) is 0 Å². The van der Waals surface area contributed by atoms with Gasteiger partial charge in [-0.15, -0.1) is 0 Å². The lowest BCUT2D eigenvalue weighted by atomic mass is 9.95. The SMILES string of the molecule is NC1CCOCC1OC1CCC1. The Kier molecular flexibility index (Phi) is 2.63. The summed E-state index contributed by atoms with van der Waals surface area (Å²) in [4.78, 5) is 0. The van der Waals surface area contributed by atoms with E-state index in [1.165, 1.54) is 19.3 Å². The molecule has 2 unspecified atom stereocenters. The third kappa shape index (κ3) is 1.79. The van der Waals surface area contributed by atoms with Crippen LogP contribution in [-0.4, -0.2) is 31.5 Å². The number of hydrogen-bond donors (Lipinski definition) is 1. The number of rotatable bonds is 2. The van der Waals surface area contributed by atoms with Gasteiger partial charge >= 0.3 is 0 Å². The van der Waals surface area contributed by atoms with Gasteiger partial charge < -0.3 is 15.2 Å². The Bertz CT molecular complexity index is 147. The molecule has 2 atom stereocenters. The molecule has 1 saturated carbocycles. The molecule has 3 nitrogen and oxygen atoms in total. The minimum Gasteiger partial charge on any atom is -0.379 e. The normalized spacial score (nSPS) is 37.8. The van der Waals surface area contributed by atoms with Gasteiger partial charge in [-0.3, -0.25) is 0 Å². The standard InChI is InChI=1S/C9H17NO2/c10-8-4-5-11-6-9(8)12-7-2-1-3-7/h7-9H,1-6,10H2. The summed E-state index contributed by atoms with van der Waals surface area (Å²) in [5, 5.41) is 0. The van der Waals surface area contributed by atoms with Crippen LogP contribution in [0.15, 0.2) is 0 Å². The van der Waals surface area contributed by atoms with E-state index in [1.54, 1.807) is 0 Å². The van der Waals surface area contributed by atoms with E-state index in [2.05, 4.69) is 0 Å². The summed E-state index contributed by atoms with van der Waals surface area (Å²) >= 11 is 0. The molecule has 2 N–H and O–H groups in total. The lowest BCUT2D eigenvalue weighted by Gasteiger charge is -2.35. The molecule has 2 fully saturated rings. The van der Waals surface area contributed by atoms with E-state index < -0.39 is 0 Å². The largest absolute Gasteiger partial charge is 0.379 e. The van der Waals surface area contributed by atoms with Gasteiger partial charge in [-0.2, -0.15) is 0 Å². The van der Waals surface area contributed by atoms with Crippen molar-refractivity contribution >= 4 is 0 Å². The molecular weight excluding hydrogens is 154 g/mol. The van der Waals surface area contributed by atoms with Crippen molar-refractivity contribution in [1.82, 2.24) is 0 Å². The molecule has 0 aromatic carbocycles. The van der Waals surface area contributed by atoms with E-state index in [0.29, 0.717) is 12.7 Å². The highest BCUT2D eigenvalue weighted by Crippen LogP contribution is 2.25. The first kappa shape index (κ1) is 8.48. The molecule has 0 bridgehead atoms. The van der Waals surface area contributed by atoms with Crippen LogP contribution in [0.1, 0.15) is 25.7 Å². The van der Waals surface area contributed by atoms with Gasteiger partial charge in [-0.1, -0.05) is 0 Å². The molecule has 1 aliphatic carbocycles. The Labute approximate surface area is 73.2 Å². The predicted molar refractivity (Wildman–Crippen MR) is 45.9 cm³/mol. The second-order valence-corrected chi connectivity index (χ2v) is 3.75. The Hall–Kier alpha value is -0.120. The van der Waals surface area contributed by atoms with Crippen molar-refractivity contribution < 1.29 is 9.47 Å². The van der Waals surface area contributed by atoms with Crippen molar-refractivity contribution in [1.29, 1.82) is 0 Å². The van der Waals surface area contributed by atoms with Crippen molar-refractivity contribution in [3.05, 3.63) is 0 Å². The highest BCUT2D eigenvalue weighted by molar-refractivity contribution is 4.80. The minimum absolute atomic E-state index is 0.157. The molecule has 12 heavy (non-hydrogen) atoms. The Morgan fingerprint density at radius 3 is 2.67 bits per heavy atom. The predicted octanol–water partition coefficient (Wildman–Crippen LogP) is 0.672. The van der Waals surface area contributed by atoms with Crippen molar-refractivity contribution in [2.75, 3.05) is 13.2 Å². The molecular formula is C9H17NO2. The topological polar surface area (TPSA) is 44.5 Å². The molecule has 1 heterocycles. The second-order valence-electron chi connectivity index (χ2n) is 3.75. The molecule has 0 aromatic rings. The zero-order valence-corrected chi connectivity index (χ0v) is 7.37. The molecule has 0 amide bonds. The van der Waals surface area contributed by atoms with E-state index in [1.807, 2.05) is 0 Å². The molecule has 1 aliphatic heterocycles. The average Bonchev–Trinajstić information content (AvgIpc) is 2.00. The first-order valence-electron chi connectivity index (χ1n) is 4.85. The van der Waals surface area contributed by atoms with Crippen molar-refractivity contribution in [3.8, 4) is 0 Å². The van der Waals surface area contributed by atoms with Crippen LogP contribution in [0.2, 0.25) is 0 Å². The van der Waals surface area contributed by atoms with Gasteiger partial charge in [-0.25, -0.2) is 0 Å². The van der Waals surface area contributed by atoms with Crippen LogP contribution in [-0.2, 0) is 9.47 Å². The second kappa shape index (κ2) is 3.73. The van der Waals surface area contributed by atoms with Crippen LogP contribution < -0.4 is 5.73 Å². The summed E-state index contributed by atoms with van der Waals surface area (Å²) in [6, 6.07) is 0.194. The molecule has 70 valence electrons. The van der Waals surface area contributed by atoms with Gasteiger partial charge in [0.1, 0.15) is 0 Å². The fraction of sp³-hybridized carbons (Fsp3) is 1.00. The zero-order valence-electron chi connectivity index (χ0n) is 7.37. The van der Waals surface area contributed by atoms with Crippen molar-refractivity contribution in [2.24, 2.45) is 5.73 Å². The zero-order chi connectivity index (χ0) is 8.39. The number of hydrogen-bond acceptors (Lipinski definition) is 3. The van der Waals surface area contributed by atoms with E-state index in [9.17, 15) is 0 Å². The maximum absolute atomic E-state index is 5.90. The highest BCUT2D eigenvalue weighted by atomic mass is 16.5. The summed E-state index contributed by atoms with van der Waals surface area (Å²) < 4.78 is 11.1. The van der Waals surface area contributed by atoms with Gasteiger partial charge in [0.25, 0.3) is 0 Å². The summed E-state index contributed by atoms with van der Waals surface area (Å²) in [7, 11) is 0. The number of nitrogens with two attached hydrogens (primary N) is 1. The summed E-state index contributed by atoms with van der Waals surface area (Å²) in [5.41, 5.74) is 5.90. The number of ether oxygens (including phenoxy) is 2. The first-order valence-corrected chi connectivity index (χ1v) is 4.85. The molecule has 2 aliphatic rings. The molecule has 2 rings (SSSR count). The lowest BCUT2D eigenvalue weighted by Crippen LogP contribution is -2.47. The van der Waals surface area contributed by atoms with Crippen LogP contribution in [0.4, 0.5) is 0 Å². The molecule has 1 saturated heterocycles. The Morgan fingerprint density at radius 2 is 2.08 bits per heavy atom. The van der Waals surface area contributed by atoms with Gasteiger partial charge in [-0.05, 0) is 25.7 Å². The fourth-order valence-electron chi connectivity index (χ4n) is 1.62. The molecule has 0 radical (unpaired) electrons. The van der Waals surface area contributed by atoms with E-state index >= 15 is 0 Å². The Balaban J connectivity index is 1.76. The molecule has 0 aromatic heterocycles. The maximum Gasteiger partial charge on any atom is 0.0963 e. The van der Waals surface area contributed by atoms with Crippen LogP contribution in [0.5, 0.6) is 0 Å². The monoisotopic (exact) mass is 171 g/mol. The average molecular weight is 171 g/mol. The third-order valence-corrected chi connectivity index (χ3v) is 2.77. The van der Waals surface area contributed by atoms with Crippen molar-refractivity contribution in [2.45, 2.75) is 43.9 Å². The van der Waals surface area contributed by atoms with E-state index in [-0.39, 0.29) is 12.1 Å². The van der Waals surface area contributed by atoms with Gasteiger partial charge in [0, 0.05) is 12.6 Å². The fourth-order valence-corrected chi connectivity index (χ4v) is 1.62. The smallest absolute Gasteiger partial charge is 0.0963 e. The van der Waals surface area contributed by atoms with Crippen LogP contribution in [0.3, 0.4) is 0 Å². The van der Waals surface area contributed by atoms with Gasteiger partial charge in [0.2, 0.25) is 0 Å². The summed E-state index contributed by atoms with van der Waals surface area (Å²) in [6.45, 7) is 1.49. The van der Waals surface area contributed by atoms with E-state index in [0.717, 1.165) is 13.0 Å². The Morgan fingerprint density at radius 1 is 1.25 bits per heavy atom. The van der Waals surface area contributed by atoms with Gasteiger partial charge in [0.15, 0.2) is 0 Å². The quantitative estimate of drug-likeness (QED) is 0.664. The van der Waals surface area contributed by atoms with Crippen LogP contribution >= 0.6 is 0 Å². The minimum atomic E-state index is 0.157. The first-order chi connectivity index (χ1) is 5.86. The maximum atomic E-state index is 5.90. The highest BCUT2D eigenvalue weighted by Gasteiger charge is 2.28. The van der Waals surface area contributed by atoms with E-state index in [4.69, 9.17) is 15.2 Å². The van der Waals surface area contributed by atoms with Crippen LogP contribution in [0, 0.1) is 0 Å². The van der Waals surface area contributed by atoms with Gasteiger partial charge in [0.05, 0.1) is 18.8 Å². The summed E-state index contributed by atoms with van der Waals surface area (Å²) in [5.74, 6) is 0. The summed E-state index contributed by atoms with van der Waals surface area (Å²) in [6.07, 6.45) is 5.31. The third-order valence-electron chi connectivity index (χ3n) is 2.77. The molecule has 0 spiro atoms. The lowest BCUT2D eigenvalue weighted by molar-refractivity contribution is -0.114. The molecule has 3 heteroatoms.